The molecule has 3 atom stereocenters. The number of nitrogens with one attached hydrogen (secondary N) is 1. The summed E-state index contributed by atoms with van der Waals surface area (Å²) in [4.78, 5) is 12.2. The molecule has 2 rings (SSSR count). The van der Waals surface area contributed by atoms with Crippen LogP contribution in [0.1, 0.15) is 40.2 Å². The minimum absolute atomic E-state index is 0.0701. The van der Waals surface area contributed by atoms with Gasteiger partial charge in [-0.3, -0.25) is 4.79 Å². The highest BCUT2D eigenvalue weighted by Crippen LogP contribution is 2.34. The van der Waals surface area contributed by atoms with Crippen LogP contribution in [-0.4, -0.2) is 29.7 Å². The van der Waals surface area contributed by atoms with Crippen molar-refractivity contribution in [3.8, 4) is 0 Å². The van der Waals surface area contributed by atoms with E-state index in [0.717, 1.165) is 13.0 Å². The molecule has 0 aliphatic carbocycles. The predicted octanol–water partition coefficient (Wildman–Crippen LogP) is 2.62. The summed E-state index contributed by atoms with van der Waals surface area (Å²) < 4.78 is 7.76. The van der Waals surface area contributed by atoms with Crippen LogP contribution in [-0.2, 0) is 9.53 Å². The van der Waals surface area contributed by atoms with Crippen molar-refractivity contribution >= 4 is 5.91 Å². The van der Waals surface area contributed by atoms with E-state index < -0.39 is 0 Å². The molecule has 1 aliphatic heterocycles. The minimum atomic E-state index is -0.166. The first-order chi connectivity index (χ1) is 9.39. The molecule has 1 N–H and O–H groups in total. The second-order valence-electron chi connectivity index (χ2n) is 6.76. The summed E-state index contributed by atoms with van der Waals surface area (Å²) in [7, 11) is 0. The first-order valence-electron chi connectivity index (χ1n) is 7.41. The number of nitrogens with zero attached hydrogens (tertiary/aromatic N) is 1. The number of rotatable bonds is 4. The molecule has 2 heterocycles. The largest absolute Gasteiger partial charge is 0.377 e. The van der Waals surface area contributed by atoms with Crippen molar-refractivity contribution in [2.75, 3.05) is 13.2 Å². The van der Waals surface area contributed by atoms with Crippen molar-refractivity contribution in [1.82, 2.24) is 9.88 Å². The normalized spacial score (nSPS) is 24.6. The highest BCUT2D eigenvalue weighted by molar-refractivity contribution is 5.79. The molecule has 1 unspecified atom stereocenters. The molecule has 1 aromatic heterocycles. The van der Waals surface area contributed by atoms with E-state index in [4.69, 9.17) is 4.74 Å². The van der Waals surface area contributed by atoms with Gasteiger partial charge in [-0.15, -0.1) is 0 Å². The Hall–Kier alpha value is -1.29. The molecule has 0 bridgehead atoms. The van der Waals surface area contributed by atoms with Crippen LogP contribution in [0.25, 0.3) is 0 Å². The second-order valence-corrected chi connectivity index (χ2v) is 6.76. The van der Waals surface area contributed by atoms with Crippen LogP contribution in [0, 0.1) is 11.3 Å². The van der Waals surface area contributed by atoms with Gasteiger partial charge in [-0.2, -0.15) is 0 Å². The first-order valence-corrected chi connectivity index (χ1v) is 7.41. The minimum Gasteiger partial charge on any atom is -0.377 e. The summed E-state index contributed by atoms with van der Waals surface area (Å²) in [5.41, 5.74) is 0.123. The first kappa shape index (κ1) is 15.1. The van der Waals surface area contributed by atoms with Gasteiger partial charge >= 0.3 is 0 Å². The topological polar surface area (TPSA) is 43.3 Å². The molecule has 1 amide bonds. The highest BCUT2D eigenvalue weighted by Gasteiger charge is 2.37. The molecular formula is C16H26N2O2. The maximum atomic E-state index is 12.2. The Kier molecular flexibility index (Phi) is 4.53. The van der Waals surface area contributed by atoms with Gasteiger partial charge < -0.3 is 14.6 Å². The quantitative estimate of drug-likeness (QED) is 0.920. The molecule has 1 aliphatic rings. The lowest BCUT2D eigenvalue weighted by Gasteiger charge is -2.31. The second kappa shape index (κ2) is 6.00. The van der Waals surface area contributed by atoms with Gasteiger partial charge in [0.25, 0.3) is 0 Å². The fourth-order valence-corrected chi connectivity index (χ4v) is 2.92. The van der Waals surface area contributed by atoms with Crippen molar-refractivity contribution in [2.45, 2.75) is 46.3 Å². The summed E-state index contributed by atoms with van der Waals surface area (Å²) >= 11 is 0. The third-order valence-corrected chi connectivity index (χ3v) is 4.06. The Balaban J connectivity index is 1.87. The molecule has 1 saturated heterocycles. The van der Waals surface area contributed by atoms with E-state index in [-0.39, 0.29) is 23.5 Å². The van der Waals surface area contributed by atoms with Crippen LogP contribution in [0.4, 0.5) is 0 Å². The fraction of sp³-hybridized carbons (Fsp3) is 0.688. The molecule has 1 fully saturated rings. The summed E-state index contributed by atoms with van der Waals surface area (Å²) in [5, 5.41) is 3.07. The number of aromatic nitrogens is 1. The Bertz CT molecular complexity index is 434. The van der Waals surface area contributed by atoms with E-state index in [9.17, 15) is 4.79 Å². The van der Waals surface area contributed by atoms with Crippen molar-refractivity contribution in [3.05, 3.63) is 24.5 Å². The smallest absolute Gasteiger partial charge is 0.242 e. The molecular weight excluding hydrogens is 252 g/mol. The number of amides is 1. The van der Waals surface area contributed by atoms with E-state index in [1.165, 1.54) is 0 Å². The van der Waals surface area contributed by atoms with Crippen LogP contribution in [0.5, 0.6) is 0 Å². The summed E-state index contributed by atoms with van der Waals surface area (Å²) in [6, 6.07) is 3.70. The highest BCUT2D eigenvalue weighted by atomic mass is 16.5. The Labute approximate surface area is 121 Å². The molecule has 4 heteroatoms. The Morgan fingerprint density at radius 3 is 2.65 bits per heavy atom. The number of hydrogen-bond donors (Lipinski definition) is 1. The molecule has 0 spiro atoms. The third kappa shape index (κ3) is 3.42. The lowest BCUT2D eigenvalue weighted by molar-refractivity contribution is -0.124. The van der Waals surface area contributed by atoms with Crippen LogP contribution in [0.15, 0.2) is 24.5 Å². The van der Waals surface area contributed by atoms with Crippen LogP contribution < -0.4 is 5.32 Å². The monoisotopic (exact) mass is 278 g/mol. The zero-order valence-electron chi connectivity index (χ0n) is 12.9. The van der Waals surface area contributed by atoms with E-state index >= 15 is 0 Å². The van der Waals surface area contributed by atoms with Crippen molar-refractivity contribution in [3.63, 3.8) is 0 Å². The number of ether oxygens (including phenoxy) is 1. The van der Waals surface area contributed by atoms with Crippen LogP contribution in [0.3, 0.4) is 0 Å². The van der Waals surface area contributed by atoms with Crippen molar-refractivity contribution in [1.29, 1.82) is 0 Å². The predicted molar refractivity (Wildman–Crippen MR) is 79.5 cm³/mol. The lowest BCUT2D eigenvalue weighted by Crippen LogP contribution is -2.40. The van der Waals surface area contributed by atoms with Gasteiger partial charge in [-0.1, -0.05) is 20.8 Å². The summed E-state index contributed by atoms with van der Waals surface area (Å²) in [6.45, 7) is 10.0. The average Bonchev–Trinajstić information content (AvgIpc) is 3.04. The summed E-state index contributed by atoms with van der Waals surface area (Å²) in [6.07, 6.45) is 5.09. The molecule has 112 valence electrons. The van der Waals surface area contributed by atoms with Crippen molar-refractivity contribution in [2.24, 2.45) is 11.3 Å². The van der Waals surface area contributed by atoms with Gasteiger partial charge in [0.15, 0.2) is 0 Å². The van der Waals surface area contributed by atoms with Gasteiger partial charge in [0.2, 0.25) is 5.91 Å². The molecule has 0 aromatic carbocycles. The van der Waals surface area contributed by atoms with E-state index in [2.05, 4.69) is 26.1 Å². The van der Waals surface area contributed by atoms with Gasteiger partial charge in [0.05, 0.1) is 6.10 Å². The van der Waals surface area contributed by atoms with E-state index in [1.54, 1.807) is 0 Å². The van der Waals surface area contributed by atoms with E-state index in [0.29, 0.717) is 12.5 Å². The molecule has 0 radical (unpaired) electrons. The zero-order chi connectivity index (χ0) is 14.8. The Morgan fingerprint density at radius 1 is 1.40 bits per heavy atom. The molecule has 0 saturated carbocycles. The Morgan fingerprint density at radius 2 is 2.05 bits per heavy atom. The van der Waals surface area contributed by atoms with Crippen LogP contribution in [0.2, 0.25) is 0 Å². The fourth-order valence-electron chi connectivity index (χ4n) is 2.92. The number of carbonyl (C=O) groups is 1. The standard InChI is InChI=1S/C16H26N2O2/c1-12(18-8-5-6-9-18)15(19)17-11-13-7-10-20-14(13)16(2,3)4/h5-6,8-9,12-14H,7,10-11H2,1-4H3,(H,17,19)/t12?,13-,14+/m1/s1. The van der Waals surface area contributed by atoms with Gasteiger partial charge in [0.1, 0.15) is 6.04 Å². The van der Waals surface area contributed by atoms with Crippen LogP contribution >= 0.6 is 0 Å². The maximum absolute atomic E-state index is 12.2. The van der Waals surface area contributed by atoms with Gasteiger partial charge in [-0.05, 0) is 30.9 Å². The van der Waals surface area contributed by atoms with E-state index in [1.807, 2.05) is 36.0 Å². The third-order valence-electron chi connectivity index (χ3n) is 4.06. The molecule has 1 aromatic rings. The van der Waals surface area contributed by atoms with Crippen molar-refractivity contribution < 1.29 is 9.53 Å². The summed E-state index contributed by atoms with van der Waals surface area (Å²) in [5.74, 6) is 0.483. The SMILES string of the molecule is CC(C(=O)NC[C@H]1CCO[C@@H]1C(C)(C)C)n1cccc1. The molecule has 4 nitrogen and oxygen atoms in total. The number of carbonyl (C=O) groups excluding carboxylic acids is 1. The molecule has 20 heavy (non-hydrogen) atoms. The van der Waals surface area contributed by atoms with Gasteiger partial charge in [-0.25, -0.2) is 0 Å². The average molecular weight is 278 g/mol. The zero-order valence-corrected chi connectivity index (χ0v) is 12.9. The number of hydrogen-bond acceptors (Lipinski definition) is 2. The van der Waals surface area contributed by atoms with Gasteiger partial charge in [0, 0.05) is 31.5 Å². The lowest BCUT2D eigenvalue weighted by atomic mass is 9.81. The maximum Gasteiger partial charge on any atom is 0.242 e.